The zero-order valence-corrected chi connectivity index (χ0v) is 7.47. The molecule has 0 atom stereocenters. The molecule has 0 aromatic heterocycles. The van der Waals surface area contributed by atoms with E-state index < -0.39 is 6.36 Å². The van der Waals surface area contributed by atoms with Gasteiger partial charge >= 0.3 is 6.36 Å². The molecule has 0 amide bonds. The largest absolute Gasteiger partial charge is 0.573 e. The van der Waals surface area contributed by atoms with E-state index in [0.717, 1.165) is 5.56 Å². The van der Waals surface area contributed by atoms with Crippen LogP contribution in [0.3, 0.4) is 0 Å². The van der Waals surface area contributed by atoms with Gasteiger partial charge < -0.3 is 9.47 Å². The first kappa shape index (κ1) is 10.8. The van der Waals surface area contributed by atoms with Crippen molar-refractivity contribution in [3.05, 3.63) is 29.8 Å². The number of benzene rings is 1. The molecule has 1 rings (SSSR count). The van der Waals surface area contributed by atoms with Gasteiger partial charge in [0.1, 0.15) is 5.75 Å². The molecule has 0 heterocycles. The molecule has 0 N–H and O–H groups in total. The molecule has 0 fully saturated rings. The maximum absolute atomic E-state index is 11.7. The van der Waals surface area contributed by atoms with Crippen molar-refractivity contribution < 1.29 is 22.6 Å². The monoisotopic (exact) mass is 206 g/mol. The van der Waals surface area contributed by atoms with Crippen molar-refractivity contribution in [1.82, 2.24) is 0 Å². The standard InChI is InChI=1S/C9H9F3O2/c1-13-6-7-2-4-8(5-3-7)14-9(10,11)12/h2-5H,6H2,1H3. The van der Waals surface area contributed by atoms with Crippen molar-refractivity contribution >= 4 is 0 Å². The SMILES string of the molecule is COCc1ccc(OC(F)(F)F)cc1. The fourth-order valence-corrected chi connectivity index (χ4v) is 0.954. The predicted octanol–water partition coefficient (Wildman–Crippen LogP) is 2.73. The molecule has 0 radical (unpaired) electrons. The minimum atomic E-state index is -4.64. The molecular weight excluding hydrogens is 197 g/mol. The Morgan fingerprint density at radius 3 is 2.14 bits per heavy atom. The van der Waals surface area contributed by atoms with E-state index in [2.05, 4.69) is 4.74 Å². The molecule has 5 heteroatoms. The number of hydrogen-bond donors (Lipinski definition) is 0. The summed E-state index contributed by atoms with van der Waals surface area (Å²) in [4.78, 5) is 0. The Morgan fingerprint density at radius 2 is 1.71 bits per heavy atom. The van der Waals surface area contributed by atoms with Crippen LogP contribution in [0, 0.1) is 0 Å². The van der Waals surface area contributed by atoms with Gasteiger partial charge in [0.15, 0.2) is 0 Å². The third-order valence-electron chi connectivity index (χ3n) is 1.47. The van der Waals surface area contributed by atoms with Crippen LogP contribution in [0.4, 0.5) is 13.2 Å². The Labute approximate surface area is 79.2 Å². The summed E-state index contributed by atoms with van der Waals surface area (Å²) < 4.78 is 43.7. The summed E-state index contributed by atoms with van der Waals surface area (Å²) in [5, 5.41) is 0. The Kier molecular flexibility index (Phi) is 3.35. The van der Waals surface area contributed by atoms with E-state index in [-0.39, 0.29) is 5.75 Å². The molecule has 2 nitrogen and oxygen atoms in total. The molecule has 0 saturated heterocycles. The number of methoxy groups -OCH3 is 1. The summed E-state index contributed by atoms with van der Waals surface area (Å²) in [5.41, 5.74) is 0.794. The summed E-state index contributed by atoms with van der Waals surface area (Å²) in [6.07, 6.45) is -4.64. The van der Waals surface area contributed by atoms with Crippen LogP contribution in [0.5, 0.6) is 5.75 Å². The first-order valence-electron chi connectivity index (χ1n) is 3.85. The zero-order valence-electron chi connectivity index (χ0n) is 7.47. The molecule has 0 spiro atoms. The summed E-state index contributed by atoms with van der Waals surface area (Å²) in [5.74, 6) is -0.225. The third-order valence-corrected chi connectivity index (χ3v) is 1.47. The van der Waals surface area contributed by atoms with E-state index in [0.29, 0.717) is 6.61 Å². The van der Waals surface area contributed by atoms with Crippen LogP contribution < -0.4 is 4.74 Å². The second-order valence-corrected chi connectivity index (χ2v) is 2.62. The Balaban J connectivity index is 2.64. The number of ether oxygens (including phenoxy) is 2. The lowest BCUT2D eigenvalue weighted by Crippen LogP contribution is -2.17. The van der Waals surface area contributed by atoms with Crippen LogP contribution in [0.15, 0.2) is 24.3 Å². The van der Waals surface area contributed by atoms with Crippen molar-refractivity contribution in [2.75, 3.05) is 7.11 Å². The fraction of sp³-hybridized carbons (Fsp3) is 0.333. The van der Waals surface area contributed by atoms with Gasteiger partial charge in [-0.3, -0.25) is 0 Å². The molecule has 1 aromatic carbocycles. The second kappa shape index (κ2) is 4.32. The smallest absolute Gasteiger partial charge is 0.406 e. The van der Waals surface area contributed by atoms with Gasteiger partial charge in [0, 0.05) is 7.11 Å². The predicted molar refractivity (Wildman–Crippen MR) is 43.8 cm³/mol. The lowest BCUT2D eigenvalue weighted by Gasteiger charge is -2.08. The van der Waals surface area contributed by atoms with Crippen LogP contribution in [-0.2, 0) is 11.3 Å². The van der Waals surface area contributed by atoms with Gasteiger partial charge in [0.2, 0.25) is 0 Å². The molecule has 0 aliphatic carbocycles. The highest BCUT2D eigenvalue weighted by atomic mass is 19.4. The number of rotatable bonds is 3. The topological polar surface area (TPSA) is 18.5 Å². The number of hydrogen-bond acceptors (Lipinski definition) is 2. The lowest BCUT2D eigenvalue weighted by molar-refractivity contribution is -0.274. The Morgan fingerprint density at radius 1 is 1.14 bits per heavy atom. The normalized spacial score (nSPS) is 11.4. The maximum atomic E-state index is 11.7. The van der Waals surface area contributed by atoms with Gasteiger partial charge in [0.05, 0.1) is 6.61 Å². The molecular formula is C9H9F3O2. The highest BCUT2D eigenvalue weighted by Gasteiger charge is 2.30. The lowest BCUT2D eigenvalue weighted by atomic mass is 10.2. The van der Waals surface area contributed by atoms with Gasteiger partial charge in [-0.25, -0.2) is 0 Å². The minimum Gasteiger partial charge on any atom is -0.406 e. The van der Waals surface area contributed by atoms with Crippen molar-refractivity contribution in [1.29, 1.82) is 0 Å². The summed E-state index contributed by atoms with van der Waals surface area (Å²) >= 11 is 0. The zero-order chi connectivity index (χ0) is 10.6. The van der Waals surface area contributed by atoms with Crippen molar-refractivity contribution in [2.45, 2.75) is 13.0 Å². The number of alkyl halides is 3. The van der Waals surface area contributed by atoms with Crippen molar-refractivity contribution in [2.24, 2.45) is 0 Å². The van der Waals surface area contributed by atoms with Gasteiger partial charge in [-0.15, -0.1) is 13.2 Å². The molecule has 0 aliphatic rings. The van der Waals surface area contributed by atoms with Crippen molar-refractivity contribution in [3.63, 3.8) is 0 Å². The Hall–Kier alpha value is -1.23. The maximum Gasteiger partial charge on any atom is 0.573 e. The average Bonchev–Trinajstić information content (AvgIpc) is 2.06. The average molecular weight is 206 g/mol. The minimum absolute atomic E-state index is 0.225. The first-order valence-corrected chi connectivity index (χ1v) is 3.85. The van der Waals surface area contributed by atoms with Gasteiger partial charge in [-0.05, 0) is 17.7 Å². The molecule has 0 bridgehead atoms. The third kappa shape index (κ3) is 3.66. The van der Waals surface area contributed by atoms with E-state index in [9.17, 15) is 13.2 Å². The van der Waals surface area contributed by atoms with Gasteiger partial charge in [-0.1, -0.05) is 12.1 Å². The fourth-order valence-electron chi connectivity index (χ4n) is 0.954. The Bertz CT molecular complexity index is 279. The summed E-state index contributed by atoms with van der Waals surface area (Å²) in [6, 6.07) is 5.54. The van der Waals surface area contributed by atoms with Crippen LogP contribution in [0.1, 0.15) is 5.56 Å². The molecule has 78 valence electrons. The molecule has 0 saturated carbocycles. The van der Waals surface area contributed by atoms with Crippen molar-refractivity contribution in [3.8, 4) is 5.75 Å². The second-order valence-electron chi connectivity index (χ2n) is 2.62. The highest BCUT2D eigenvalue weighted by molar-refractivity contribution is 5.26. The molecule has 14 heavy (non-hydrogen) atoms. The van der Waals surface area contributed by atoms with Gasteiger partial charge in [0.25, 0.3) is 0 Å². The van der Waals surface area contributed by atoms with Crippen LogP contribution in [-0.4, -0.2) is 13.5 Å². The molecule has 0 aliphatic heterocycles. The van der Waals surface area contributed by atoms with Crippen LogP contribution >= 0.6 is 0 Å². The van der Waals surface area contributed by atoms with E-state index in [1.54, 1.807) is 0 Å². The number of halogens is 3. The van der Waals surface area contributed by atoms with Crippen LogP contribution in [0.25, 0.3) is 0 Å². The first-order chi connectivity index (χ1) is 6.51. The molecule has 0 unspecified atom stereocenters. The summed E-state index contributed by atoms with van der Waals surface area (Å²) in [6.45, 7) is 0.367. The van der Waals surface area contributed by atoms with E-state index >= 15 is 0 Å². The van der Waals surface area contributed by atoms with E-state index in [1.807, 2.05) is 0 Å². The van der Waals surface area contributed by atoms with Crippen LogP contribution in [0.2, 0.25) is 0 Å². The van der Waals surface area contributed by atoms with E-state index in [1.165, 1.54) is 31.4 Å². The quantitative estimate of drug-likeness (QED) is 0.757. The molecule has 1 aromatic rings. The van der Waals surface area contributed by atoms with Gasteiger partial charge in [-0.2, -0.15) is 0 Å². The highest BCUT2D eigenvalue weighted by Crippen LogP contribution is 2.22. The van der Waals surface area contributed by atoms with E-state index in [4.69, 9.17) is 4.74 Å². The summed E-state index contributed by atoms with van der Waals surface area (Å²) in [7, 11) is 1.51.